The zero-order valence-corrected chi connectivity index (χ0v) is 11.1. The first-order valence-electron chi connectivity index (χ1n) is 6.65. The van der Waals surface area contributed by atoms with Gasteiger partial charge in [-0.3, -0.25) is 4.57 Å². The van der Waals surface area contributed by atoms with Crippen LogP contribution in [0, 0.1) is 6.92 Å². The molecule has 1 aromatic carbocycles. The Morgan fingerprint density at radius 2 is 2.00 bits per heavy atom. The average Bonchev–Trinajstić information content (AvgIpc) is 2.83. The summed E-state index contributed by atoms with van der Waals surface area (Å²) in [5.41, 5.74) is 7.08. The van der Waals surface area contributed by atoms with Crippen LogP contribution >= 0.6 is 0 Å². The van der Waals surface area contributed by atoms with Crippen LogP contribution in [0.25, 0.3) is 5.69 Å². The third-order valence-corrected chi connectivity index (χ3v) is 3.63. The molecule has 1 aromatic heterocycles. The number of rotatable bonds is 2. The SMILES string of the molecule is Cc1nnc(C2(N)C=CCCC2)n1-c1ccccc1. The minimum absolute atomic E-state index is 0.505. The molecular formula is C15H18N4. The van der Waals surface area contributed by atoms with Crippen LogP contribution in [0.1, 0.15) is 30.9 Å². The highest BCUT2D eigenvalue weighted by Gasteiger charge is 2.32. The molecule has 1 atom stereocenters. The molecule has 3 rings (SSSR count). The highest BCUT2D eigenvalue weighted by atomic mass is 15.3. The van der Waals surface area contributed by atoms with Gasteiger partial charge in [-0.2, -0.15) is 0 Å². The first-order valence-corrected chi connectivity index (χ1v) is 6.65. The highest BCUT2D eigenvalue weighted by molar-refractivity contribution is 5.36. The zero-order chi connectivity index (χ0) is 13.3. The van der Waals surface area contributed by atoms with Crippen molar-refractivity contribution in [3.8, 4) is 5.69 Å². The number of hydrogen-bond acceptors (Lipinski definition) is 3. The van der Waals surface area contributed by atoms with Gasteiger partial charge >= 0.3 is 0 Å². The summed E-state index contributed by atoms with van der Waals surface area (Å²) in [4.78, 5) is 0. The van der Waals surface area contributed by atoms with E-state index in [1.165, 1.54) is 0 Å². The Kier molecular flexibility index (Phi) is 2.95. The predicted octanol–water partition coefficient (Wildman–Crippen LogP) is 2.47. The smallest absolute Gasteiger partial charge is 0.161 e. The quantitative estimate of drug-likeness (QED) is 0.838. The number of aromatic nitrogens is 3. The van der Waals surface area contributed by atoms with Crippen LogP contribution in [-0.4, -0.2) is 14.8 Å². The van der Waals surface area contributed by atoms with E-state index in [1.54, 1.807) is 0 Å². The van der Waals surface area contributed by atoms with Gasteiger partial charge < -0.3 is 5.73 Å². The molecule has 0 saturated carbocycles. The maximum atomic E-state index is 6.52. The molecular weight excluding hydrogens is 236 g/mol. The van der Waals surface area contributed by atoms with Gasteiger partial charge in [-0.25, -0.2) is 0 Å². The molecule has 2 N–H and O–H groups in total. The summed E-state index contributed by atoms with van der Waals surface area (Å²) >= 11 is 0. The summed E-state index contributed by atoms with van der Waals surface area (Å²) in [5, 5.41) is 8.54. The lowest BCUT2D eigenvalue weighted by Crippen LogP contribution is -2.38. The largest absolute Gasteiger partial charge is 0.316 e. The number of nitrogens with zero attached hydrogens (tertiary/aromatic N) is 3. The first-order chi connectivity index (χ1) is 9.21. The maximum Gasteiger partial charge on any atom is 0.161 e. The van der Waals surface area contributed by atoms with Crippen LogP contribution < -0.4 is 5.73 Å². The van der Waals surface area contributed by atoms with Crippen LogP contribution in [0.3, 0.4) is 0 Å². The Labute approximate surface area is 113 Å². The second kappa shape index (κ2) is 4.63. The van der Waals surface area contributed by atoms with Gasteiger partial charge in [-0.15, -0.1) is 10.2 Å². The minimum atomic E-state index is -0.505. The van der Waals surface area contributed by atoms with Gasteiger partial charge in [-0.05, 0) is 38.3 Å². The van der Waals surface area contributed by atoms with Crippen LogP contribution in [0.5, 0.6) is 0 Å². The predicted molar refractivity (Wildman–Crippen MR) is 75.0 cm³/mol. The average molecular weight is 254 g/mol. The summed E-state index contributed by atoms with van der Waals surface area (Å²) in [6.07, 6.45) is 7.31. The second-order valence-electron chi connectivity index (χ2n) is 5.08. The Balaban J connectivity index is 2.14. The molecule has 0 amide bonds. The van der Waals surface area contributed by atoms with Crippen molar-refractivity contribution in [2.75, 3.05) is 0 Å². The van der Waals surface area contributed by atoms with Crippen molar-refractivity contribution in [2.24, 2.45) is 5.73 Å². The molecule has 1 heterocycles. The van der Waals surface area contributed by atoms with Crippen molar-refractivity contribution in [3.63, 3.8) is 0 Å². The molecule has 0 spiro atoms. The molecule has 1 aliphatic carbocycles. The molecule has 0 radical (unpaired) electrons. The van der Waals surface area contributed by atoms with E-state index >= 15 is 0 Å². The Bertz CT molecular complexity index is 600. The zero-order valence-electron chi connectivity index (χ0n) is 11.1. The van der Waals surface area contributed by atoms with Crippen molar-refractivity contribution in [3.05, 3.63) is 54.1 Å². The molecule has 1 unspecified atom stereocenters. The summed E-state index contributed by atoms with van der Waals surface area (Å²) in [6.45, 7) is 1.96. The van der Waals surface area contributed by atoms with Crippen molar-refractivity contribution in [2.45, 2.75) is 31.7 Å². The summed E-state index contributed by atoms with van der Waals surface area (Å²) < 4.78 is 2.05. The van der Waals surface area contributed by atoms with Crippen LogP contribution in [0.2, 0.25) is 0 Å². The first kappa shape index (κ1) is 12.1. The van der Waals surface area contributed by atoms with E-state index < -0.39 is 5.54 Å². The van der Waals surface area contributed by atoms with Crippen molar-refractivity contribution < 1.29 is 0 Å². The molecule has 1 aliphatic rings. The highest BCUT2D eigenvalue weighted by Crippen LogP contribution is 2.30. The van der Waals surface area contributed by atoms with Gasteiger partial charge in [-0.1, -0.05) is 30.4 Å². The molecule has 4 nitrogen and oxygen atoms in total. The number of hydrogen-bond donors (Lipinski definition) is 1. The number of benzene rings is 1. The molecule has 0 saturated heterocycles. The second-order valence-corrected chi connectivity index (χ2v) is 5.08. The summed E-state index contributed by atoms with van der Waals surface area (Å²) in [7, 11) is 0. The van der Waals surface area contributed by atoms with Crippen LogP contribution in [0.15, 0.2) is 42.5 Å². The molecule has 19 heavy (non-hydrogen) atoms. The lowest BCUT2D eigenvalue weighted by Gasteiger charge is -2.28. The number of aryl methyl sites for hydroxylation is 1. The third kappa shape index (κ3) is 2.08. The third-order valence-electron chi connectivity index (χ3n) is 3.63. The summed E-state index contributed by atoms with van der Waals surface area (Å²) in [5.74, 6) is 1.69. The normalized spacial score (nSPS) is 22.6. The molecule has 0 bridgehead atoms. The number of para-hydroxylation sites is 1. The standard InChI is InChI=1S/C15H18N4/c1-12-17-18-14(15(16)10-6-3-7-11-15)19(12)13-8-4-2-5-9-13/h2,4-6,8-10H,3,7,11,16H2,1H3. The monoisotopic (exact) mass is 254 g/mol. The number of allylic oxidation sites excluding steroid dienone is 1. The molecule has 98 valence electrons. The van der Waals surface area contributed by atoms with E-state index in [4.69, 9.17) is 5.73 Å². The Morgan fingerprint density at radius 3 is 2.68 bits per heavy atom. The molecule has 0 aliphatic heterocycles. The van der Waals surface area contributed by atoms with E-state index in [0.717, 1.165) is 36.6 Å². The fourth-order valence-corrected chi connectivity index (χ4v) is 2.63. The van der Waals surface area contributed by atoms with Crippen molar-refractivity contribution >= 4 is 0 Å². The topological polar surface area (TPSA) is 56.7 Å². The van der Waals surface area contributed by atoms with Gasteiger partial charge in [0, 0.05) is 5.69 Å². The molecule has 2 aromatic rings. The minimum Gasteiger partial charge on any atom is -0.316 e. The van der Waals surface area contributed by atoms with E-state index in [9.17, 15) is 0 Å². The fourth-order valence-electron chi connectivity index (χ4n) is 2.63. The van der Waals surface area contributed by atoms with E-state index in [2.05, 4.69) is 39.0 Å². The fraction of sp³-hybridized carbons (Fsp3) is 0.333. The van der Waals surface area contributed by atoms with E-state index in [-0.39, 0.29) is 0 Å². The van der Waals surface area contributed by atoms with Gasteiger partial charge in [0.2, 0.25) is 0 Å². The van der Waals surface area contributed by atoms with Crippen molar-refractivity contribution in [1.29, 1.82) is 0 Å². The Morgan fingerprint density at radius 1 is 1.21 bits per heavy atom. The lowest BCUT2D eigenvalue weighted by atomic mass is 9.87. The lowest BCUT2D eigenvalue weighted by molar-refractivity contribution is 0.439. The maximum absolute atomic E-state index is 6.52. The van der Waals surface area contributed by atoms with Crippen molar-refractivity contribution in [1.82, 2.24) is 14.8 Å². The van der Waals surface area contributed by atoms with Gasteiger partial charge in [0.1, 0.15) is 5.82 Å². The van der Waals surface area contributed by atoms with Crippen LogP contribution in [0.4, 0.5) is 0 Å². The number of nitrogens with two attached hydrogens (primary N) is 1. The van der Waals surface area contributed by atoms with E-state index in [1.807, 2.05) is 25.1 Å². The van der Waals surface area contributed by atoms with Gasteiger partial charge in [0.15, 0.2) is 5.82 Å². The van der Waals surface area contributed by atoms with Crippen LogP contribution in [-0.2, 0) is 5.54 Å². The van der Waals surface area contributed by atoms with Gasteiger partial charge in [0.05, 0.1) is 5.54 Å². The molecule has 4 heteroatoms. The Hall–Kier alpha value is -1.94. The summed E-state index contributed by atoms with van der Waals surface area (Å²) in [6, 6.07) is 10.1. The molecule has 0 fully saturated rings. The van der Waals surface area contributed by atoms with E-state index in [0.29, 0.717) is 0 Å². The van der Waals surface area contributed by atoms with Gasteiger partial charge in [0.25, 0.3) is 0 Å².